The number of morpholine rings is 1. The number of rotatable bonds is 6. The van der Waals surface area contributed by atoms with E-state index in [4.69, 9.17) is 16.3 Å². The Labute approximate surface area is 191 Å². The fourth-order valence-electron chi connectivity index (χ4n) is 4.21. The number of Topliss-reactive ketones (excluding diaryl/α,β-unsaturated/α-hetero) is 1. The minimum atomic E-state index is -0.767. The minimum Gasteiger partial charge on any atom is -0.507 e. The molecule has 2 aromatic rings. The van der Waals surface area contributed by atoms with E-state index in [0.717, 1.165) is 19.6 Å². The monoisotopic (exact) mass is 456 g/mol. The summed E-state index contributed by atoms with van der Waals surface area (Å²) in [4.78, 5) is 29.8. The molecule has 1 atom stereocenters. The molecule has 0 aliphatic carbocycles. The van der Waals surface area contributed by atoms with Crippen LogP contribution in [0.4, 0.5) is 0 Å². The van der Waals surface area contributed by atoms with Crippen LogP contribution in [0.15, 0.2) is 54.1 Å². The zero-order valence-electron chi connectivity index (χ0n) is 17.5. The molecule has 1 unspecified atom stereocenters. The van der Waals surface area contributed by atoms with E-state index in [9.17, 15) is 19.8 Å². The summed E-state index contributed by atoms with van der Waals surface area (Å²) in [6.45, 7) is 4.19. The Balaban J connectivity index is 1.68. The number of phenolic OH excluding ortho intramolecular Hbond substituents is 1. The minimum absolute atomic E-state index is 0.0369. The second kappa shape index (κ2) is 9.73. The number of phenols is 1. The predicted molar refractivity (Wildman–Crippen MR) is 120 cm³/mol. The van der Waals surface area contributed by atoms with Crippen LogP contribution in [0.5, 0.6) is 5.75 Å². The van der Waals surface area contributed by atoms with Gasteiger partial charge in [0.05, 0.1) is 30.4 Å². The van der Waals surface area contributed by atoms with Crippen molar-refractivity contribution < 1.29 is 24.5 Å². The Hall–Kier alpha value is -2.87. The first-order valence-electron chi connectivity index (χ1n) is 10.6. The summed E-state index contributed by atoms with van der Waals surface area (Å²) >= 11 is 6.04. The lowest BCUT2D eigenvalue weighted by atomic mass is 9.95. The fraction of sp³-hybridized carbons (Fsp3) is 0.333. The van der Waals surface area contributed by atoms with Crippen LogP contribution in [0.25, 0.3) is 5.76 Å². The molecular formula is C24H25ClN2O5. The molecule has 4 rings (SSSR count). The van der Waals surface area contributed by atoms with Gasteiger partial charge in [-0.3, -0.25) is 14.5 Å². The van der Waals surface area contributed by atoms with Crippen LogP contribution >= 0.6 is 11.6 Å². The number of hydrogen-bond acceptors (Lipinski definition) is 6. The molecule has 32 heavy (non-hydrogen) atoms. The zero-order chi connectivity index (χ0) is 22.7. The molecule has 168 valence electrons. The van der Waals surface area contributed by atoms with Gasteiger partial charge < -0.3 is 19.8 Å². The lowest BCUT2D eigenvalue weighted by Gasteiger charge is -2.29. The average Bonchev–Trinajstić information content (AvgIpc) is 3.05. The molecule has 8 heteroatoms. The van der Waals surface area contributed by atoms with Gasteiger partial charge in [0.1, 0.15) is 11.5 Å². The maximum Gasteiger partial charge on any atom is 0.295 e. The van der Waals surface area contributed by atoms with Crippen molar-refractivity contribution in [3.63, 3.8) is 0 Å². The second-order valence-electron chi connectivity index (χ2n) is 7.87. The van der Waals surface area contributed by atoms with Gasteiger partial charge >= 0.3 is 0 Å². The third kappa shape index (κ3) is 4.50. The van der Waals surface area contributed by atoms with Gasteiger partial charge in [0.25, 0.3) is 11.7 Å². The van der Waals surface area contributed by atoms with Gasteiger partial charge in [-0.15, -0.1) is 0 Å². The first-order valence-corrected chi connectivity index (χ1v) is 11.0. The van der Waals surface area contributed by atoms with E-state index in [1.807, 2.05) is 0 Å². The largest absolute Gasteiger partial charge is 0.507 e. The van der Waals surface area contributed by atoms with Crippen molar-refractivity contribution in [2.75, 3.05) is 39.4 Å². The van der Waals surface area contributed by atoms with E-state index in [1.165, 1.54) is 17.0 Å². The topological polar surface area (TPSA) is 90.3 Å². The van der Waals surface area contributed by atoms with Crippen molar-refractivity contribution in [3.8, 4) is 5.75 Å². The Morgan fingerprint density at radius 3 is 2.41 bits per heavy atom. The molecule has 0 radical (unpaired) electrons. The number of nitrogens with zero attached hydrogens (tertiary/aromatic N) is 2. The van der Waals surface area contributed by atoms with Gasteiger partial charge in [-0.25, -0.2) is 0 Å². The highest BCUT2D eigenvalue weighted by Gasteiger charge is 2.46. The van der Waals surface area contributed by atoms with Crippen LogP contribution in [0.1, 0.15) is 23.6 Å². The highest BCUT2D eigenvalue weighted by molar-refractivity contribution is 6.46. The number of aromatic hydroxyl groups is 1. The summed E-state index contributed by atoms with van der Waals surface area (Å²) in [5.74, 6) is -1.99. The van der Waals surface area contributed by atoms with Crippen LogP contribution in [-0.2, 0) is 14.3 Å². The SMILES string of the molecule is O=C1C(=O)N(CCCN2CCOCC2)C(c2ccc(Cl)cc2)/C1=C(\O)c1ccccc1O. The normalized spacial score (nSPS) is 21.3. The summed E-state index contributed by atoms with van der Waals surface area (Å²) in [5, 5.41) is 21.7. The lowest BCUT2D eigenvalue weighted by molar-refractivity contribution is -0.140. The highest BCUT2D eigenvalue weighted by Crippen LogP contribution is 2.41. The number of aliphatic hydroxyl groups excluding tert-OH is 1. The van der Waals surface area contributed by atoms with E-state index in [-0.39, 0.29) is 16.9 Å². The van der Waals surface area contributed by atoms with Crippen molar-refractivity contribution in [1.29, 1.82) is 0 Å². The Morgan fingerprint density at radius 1 is 1.03 bits per heavy atom. The Kier molecular flexibility index (Phi) is 6.79. The second-order valence-corrected chi connectivity index (χ2v) is 8.31. The number of carbonyl (C=O) groups is 2. The molecule has 0 bridgehead atoms. The molecule has 2 saturated heterocycles. The fourth-order valence-corrected chi connectivity index (χ4v) is 4.34. The van der Waals surface area contributed by atoms with Crippen LogP contribution < -0.4 is 0 Å². The van der Waals surface area contributed by atoms with Gasteiger partial charge in [0.2, 0.25) is 0 Å². The van der Waals surface area contributed by atoms with Gasteiger partial charge in [-0.05, 0) is 36.2 Å². The molecule has 2 N–H and O–H groups in total. The molecule has 0 aromatic heterocycles. The van der Waals surface area contributed by atoms with Crippen molar-refractivity contribution in [2.24, 2.45) is 0 Å². The molecule has 0 spiro atoms. The van der Waals surface area contributed by atoms with Gasteiger partial charge in [0.15, 0.2) is 0 Å². The van der Waals surface area contributed by atoms with Crippen LogP contribution in [0.2, 0.25) is 5.02 Å². The van der Waals surface area contributed by atoms with E-state index in [2.05, 4.69) is 4.90 Å². The number of halogens is 1. The number of amides is 1. The van der Waals surface area contributed by atoms with Crippen LogP contribution in [0, 0.1) is 0 Å². The molecule has 2 aliphatic heterocycles. The van der Waals surface area contributed by atoms with Crippen molar-refractivity contribution >= 4 is 29.1 Å². The average molecular weight is 457 g/mol. The number of para-hydroxylation sites is 1. The number of carbonyl (C=O) groups excluding carboxylic acids is 2. The quantitative estimate of drug-likeness (QED) is 0.394. The van der Waals surface area contributed by atoms with Gasteiger partial charge in [-0.2, -0.15) is 0 Å². The summed E-state index contributed by atoms with van der Waals surface area (Å²) in [5.41, 5.74) is 0.736. The number of ketones is 1. The first-order chi connectivity index (χ1) is 15.5. The molecular weight excluding hydrogens is 432 g/mol. The summed E-state index contributed by atoms with van der Waals surface area (Å²) in [6, 6.07) is 12.3. The maximum absolute atomic E-state index is 13.0. The summed E-state index contributed by atoms with van der Waals surface area (Å²) in [6.07, 6.45) is 0.674. The summed E-state index contributed by atoms with van der Waals surface area (Å²) in [7, 11) is 0. The molecule has 2 aliphatic rings. The van der Waals surface area contributed by atoms with Crippen LogP contribution in [-0.4, -0.2) is 71.1 Å². The number of likely N-dealkylation sites (tertiary alicyclic amines) is 1. The van der Waals surface area contributed by atoms with Gasteiger partial charge in [0, 0.05) is 31.2 Å². The molecule has 2 fully saturated rings. The standard InChI is InChI=1S/C24H25ClN2O5/c25-17-8-6-16(7-9-17)21-20(22(29)18-4-1-2-5-19(18)28)23(30)24(31)27(21)11-3-10-26-12-14-32-15-13-26/h1-2,4-9,21,28-29H,3,10-15H2/b22-20+. The van der Waals surface area contributed by atoms with E-state index >= 15 is 0 Å². The zero-order valence-corrected chi connectivity index (χ0v) is 18.3. The Morgan fingerprint density at radius 2 is 1.72 bits per heavy atom. The molecule has 7 nitrogen and oxygen atoms in total. The van der Waals surface area contributed by atoms with Crippen molar-refractivity contribution in [1.82, 2.24) is 9.80 Å². The highest BCUT2D eigenvalue weighted by atomic mass is 35.5. The van der Waals surface area contributed by atoms with Gasteiger partial charge in [-0.1, -0.05) is 35.9 Å². The molecule has 0 saturated carbocycles. The Bertz CT molecular complexity index is 1030. The smallest absolute Gasteiger partial charge is 0.295 e. The first kappa shape index (κ1) is 22.3. The number of aliphatic hydroxyl groups is 1. The van der Waals surface area contributed by atoms with Crippen LogP contribution in [0.3, 0.4) is 0 Å². The maximum atomic E-state index is 13.0. The summed E-state index contributed by atoms with van der Waals surface area (Å²) < 4.78 is 5.37. The number of benzene rings is 2. The van der Waals surface area contributed by atoms with Crippen molar-refractivity contribution in [2.45, 2.75) is 12.5 Å². The molecule has 1 amide bonds. The van der Waals surface area contributed by atoms with E-state index in [0.29, 0.717) is 36.8 Å². The third-order valence-electron chi connectivity index (χ3n) is 5.86. The molecule has 2 aromatic carbocycles. The van der Waals surface area contributed by atoms with Crippen molar-refractivity contribution in [3.05, 3.63) is 70.3 Å². The predicted octanol–water partition coefficient (Wildman–Crippen LogP) is 3.19. The van der Waals surface area contributed by atoms with E-state index < -0.39 is 23.5 Å². The number of hydrogen-bond donors (Lipinski definition) is 2. The molecule has 2 heterocycles. The van der Waals surface area contributed by atoms with E-state index in [1.54, 1.807) is 36.4 Å². The lowest BCUT2D eigenvalue weighted by Crippen LogP contribution is -2.38. The number of ether oxygens (including phenoxy) is 1. The third-order valence-corrected chi connectivity index (χ3v) is 6.11.